The molecule has 1 aromatic heterocycles. The van der Waals surface area contributed by atoms with Gasteiger partial charge in [-0.25, -0.2) is 0 Å². The first kappa shape index (κ1) is 7.63. The summed E-state index contributed by atoms with van der Waals surface area (Å²) in [6, 6.07) is 3.47. The maximum absolute atomic E-state index is 8.33. The Morgan fingerprint density at radius 1 is 1.73 bits per heavy atom. The van der Waals surface area contributed by atoms with Gasteiger partial charge in [0.25, 0.3) is 0 Å². The van der Waals surface area contributed by atoms with Crippen molar-refractivity contribution in [2.24, 2.45) is 5.73 Å². The van der Waals surface area contributed by atoms with Gasteiger partial charge in [-0.05, 0) is 6.07 Å². The molecule has 1 rings (SSSR count). The second-order valence-corrected chi connectivity index (χ2v) is 2.36. The summed E-state index contributed by atoms with van der Waals surface area (Å²) in [5.41, 5.74) is 12.5. The molecule has 0 aliphatic rings. The van der Waals surface area contributed by atoms with Gasteiger partial charge in [-0.2, -0.15) is 5.26 Å². The summed E-state index contributed by atoms with van der Waals surface area (Å²) in [6.45, 7) is 0. The minimum absolute atomic E-state index is 0.253. The van der Waals surface area contributed by atoms with E-state index in [2.05, 4.69) is 4.98 Å². The van der Waals surface area contributed by atoms with Crippen molar-refractivity contribution < 1.29 is 0 Å². The molecule has 1 atom stereocenters. The lowest BCUT2D eigenvalue weighted by Gasteiger charge is -2.02. The number of hydrogen-bond acceptors (Lipinski definition) is 3. The Kier molecular flexibility index (Phi) is 2.14. The number of nitrogens with zero attached hydrogens (tertiary/aromatic N) is 1. The lowest BCUT2D eigenvalue weighted by molar-refractivity contribution is 0.726. The van der Waals surface area contributed by atoms with E-state index in [1.54, 1.807) is 12.3 Å². The molecule has 0 aliphatic heterocycles. The molecule has 4 heteroatoms. The van der Waals surface area contributed by atoms with Crippen molar-refractivity contribution in [2.45, 2.75) is 12.5 Å². The molecule has 0 fully saturated rings. The minimum Gasteiger partial charge on any atom is -0.397 e. The van der Waals surface area contributed by atoms with Crippen molar-refractivity contribution in [3.63, 3.8) is 0 Å². The van der Waals surface area contributed by atoms with Gasteiger partial charge in [0.1, 0.15) is 0 Å². The highest BCUT2D eigenvalue weighted by molar-refractivity contribution is 5.38. The number of rotatable bonds is 2. The van der Waals surface area contributed by atoms with Crippen LogP contribution in [-0.4, -0.2) is 4.98 Å². The summed E-state index contributed by atoms with van der Waals surface area (Å²) in [5.74, 6) is 0. The predicted octanol–water partition coefficient (Wildman–Crippen LogP) is 0.510. The third-order valence-corrected chi connectivity index (χ3v) is 1.44. The van der Waals surface area contributed by atoms with E-state index in [4.69, 9.17) is 16.7 Å². The fourth-order valence-electron chi connectivity index (χ4n) is 0.852. The topological polar surface area (TPSA) is 91.6 Å². The standard InChI is InChI=1S/C7H10N4/c8-2-1-6(10)7-3-5(9)4-11-7/h3-4,6,11H,1,9-10H2/t6-/m1/s1. The van der Waals surface area contributed by atoms with Gasteiger partial charge in [-0.15, -0.1) is 0 Å². The van der Waals surface area contributed by atoms with Crippen LogP contribution < -0.4 is 11.5 Å². The maximum atomic E-state index is 8.33. The van der Waals surface area contributed by atoms with Crippen LogP contribution in [-0.2, 0) is 0 Å². The van der Waals surface area contributed by atoms with Crippen LogP contribution in [0.1, 0.15) is 18.2 Å². The SMILES string of the molecule is N#CC[C@@H](N)c1cc(N)c[nH]1. The molecule has 1 heterocycles. The second-order valence-electron chi connectivity index (χ2n) is 2.36. The van der Waals surface area contributed by atoms with Gasteiger partial charge in [0.2, 0.25) is 0 Å². The van der Waals surface area contributed by atoms with E-state index in [1.165, 1.54) is 0 Å². The number of anilines is 1. The van der Waals surface area contributed by atoms with Crippen LogP contribution in [0.4, 0.5) is 5.69 Å². The predicted molar refractivity (Wildman–Crippen MR) is 42.4 cm³/mol. The molecule has 58 valence electrons. The molecule has 0 aromatic carbocycles. The zero-order chi connectivity index (χ0) is 8.27. The minimum atomic E-state index is -0.253. The van der Waals surface area contributed by atoms with Crippen LogP contribution in [0.3, 0.4) is 0 Å². The summed E-state index contributed by atoms with van der Waals surface area (Å²) < 4.78 is 0. The van der Waals surface area contributed by atoms with E-state index in [1.807, 2.05) is 6.07 Å². The zero-order valence-corrected chi connectivity index (χ0v) is 6.04. The van der Waals surface area contributed by atoms with Crippen LogP contribution in [0.2, 0.25) is 0 Å². The first-order chi connectivity index (χ1) is 5.24. The lowest BCUT2D eigenvalue weighted by Crippen LogP contribution is -2.09. The van der Waals surface area contributed by atoms with Crippen molar-refractivity contribution in [3.05, 3.63) is 18.0 Å². The second kappa shape index (κ2) is 3.08. The highest BCUT2D eigenvalue weighted by atomic mass is 14.8. The number of aromatic nitrogens is 1. The van der Waals surface area contributed by atoms with Crippen molar-refractivity contribution >= 4 is 5.69 Å². The van der Waals surface area contributed by atoms with Crippen molar-refractivity contribution in [2.75, 3.05) is 5.73 Å². The van der Waals surface area contributed by atoms with E-state index in [0.29, 0.717) is 12.1 Å². The molecule has 0 aliphatic carbocycles. The highest BCUT2D eigenvalue weighted by Gasteiger charge is 2.05. The van der Waals surface area contributed by atoms with E-state index in [0.717, 1.165) is 5.69 Å². The fraction of sp³-hybridized carbons (Fsp3) is 0.286. The van der Waals surface area contributed by atoms with Gasteiger partial charge in [-0.3, -0.25) is 0 Å². The summed E-state index contributed by atoms with van der Waals surface area (Å²) in [4.78, 5) is 2.89. The lowest BCUT2D eigenvalue weighted by atomic mass is 10.2. The molecule has 0 saturated heterocycles. The average Bonchev–Trinajstić information content (AvgIpc) is 2.36. The molecule has 0 saturated carbocycles. The number of nitrogens with two attached hydrogens (primary N) is 2. The Balaban J connectivity index is 2.70. The van der Waals surface area contributed by atoms with E-state index in [-0.39, 0.29) is 6.04 Å². The van der Waals surface area contributed by atoms with E-state index in [9.17, 15) is 0 Å². The number of aromatic amines is 1. The van der Waals surface area contributed by atoms with Crippen molar-refractivity contribution in [1.82, 2.24) is 4.98 Å². The molecule has 0 amide bonds. The van der Waals surface area contributed by atoms with Gasteiger partial charge in [0.15, 0.2) is 0 Å². The first-order valence-corrected chi connectivity index (χ1v) is 3.30. The Morgan fingerprint density at radius 3 is 2.91 bits per heavy atom. The van der Waals surface area contributed by atoms with Gasteiger partial charge in [-0.1, -0.05) is 0 Å². The number of nitrogen functional groups attached to an aromatic ring is 1. The third-order valence-electron chi connectivity index (χ3n) is 1.44. The number of hydrogen-bond donors (Lipinski definition) is 3. The normalized spacial score (nSPS) is 12.4. The summed E-state index contributed by atoms with van der Waals surface area (Å²) in [7, 11) is 0. The van der Waals surface area contributed by atoms with E-state index >= 15 is 0 Å². The van der Waals surface area contributed by atoms with Crippen LogP contribution in [0.25, 0.3) is 0 Å². The summed E-state index contributed by atoms with van der Waals surface area (Å²) in [6.07, 6.45) is 1.96. The van der Waals surface area contributed by atoms with Gasteiger partial charge in [0, 0.05) is 17.6 Å². The molecule has 0 unspecified atom stereocenters. The Morgan fingerprint density at radius 2 is 2.45 bits per heavy atom. The largest absolute Gasteiger partial charge is 0.397 e. The van der Waals surface area contributed by atoms with Gasteiger partial charge in [0.05, 0.1) is 18.5 Å². The van der Waals surface area contributed by atoms with Gasteiger partial charge >= 0.3 is 0 Å². The van der Waals surface area contributed by atoms with Crippen molar-refractivity contribution in [3.8, 4) is 6.07 Å². The fourth-order valence-corrected chi connectivity index (χ4v) is 0.852. The van der Waals surface area contributed by atoms with Crippen LogP contribution in [0.15, 0.2) is 12.3 Å². The van der Waals surface area contributed by atoms with Crippen LogP contribution in [0.5, 0.6) is 0 Å². The quantitative estimate of drug-likeness (QED) is 0.573. The smallest absolute Gasteiger partial charge is 0.0642 e. The zero-order valence-electron chi connectivity index (χ0n) is 6.04. The third kappa shape index (κ3) is 1.72. The Hall–Kier alpha value is -1.47. The Bertz CT molecular complexity index is 270. The van der Waals surface area contributed by atoms with Crippen LogP contribution >= 0.6 is 0 Å². The molecular weight excluding hydrogens is 140 g/mol. The molecule has 5 N–H and O–H groups in total. The molecule has 1 aromatic rings. The number of H-pyrrole nitrogens is 1. The van der Waals surface area contributed by atoms with Crippen molar-refractivity contribution in [1.29, 1.82) is 5.26 Å². The monoisotopic (exact) mass is 150 g/mol. The first-order valence-electron chi connectivity index (χ1n) is 3.30. The van der Waals surface area contributed by atoms with E-state index < -0.39 is 0 Å². The van der Waals surface area contributed by atoms with Crippen LogP contribution in [0, 0.1) is 11.3 Å². The average molecular weight is 150 g/mol. The maximum Gasteiger partial charge on any atom is 0.0642 e. The molecule has 0 bridgehead atoms. The molecule has 0 radical (unpaired) electrons. The summed E-state index contributed by atoms with van der Waals surface area (Å²) >= 11 is 0. The molecule has 4 nitrogen and oxygen atoms in total. The van der Waals surface area contributed by atoms with Gasteiger partial charge < -0.3 is 16.5 Å². The number of nitrogens with one attached hydrogen (secondary N) is 1. The summed E-state index contributed by atoms with van der Waals surface area (Å²) in [5, 5.41) is 8.33. The molecule has 11 heavy (non-hydrogen) atoms. The Labute approximate surface area is 64.8 Å². The number of nitriles is 1. The molecular formula is C7H10N4. The highest BCUT2D eigenvalue weighted by Crippen LogP contribution is 2.13. The molecule has 0 spiro atoms.